The van der Waals surface area contributed by atoms with Crippen LogP contribution in [0.4, 0.5) is 17.1 Å². The van der Waals surface area contributed by atoms with Gasteiger partial charge in [-0.3, -0.25) is 15.1 Å². The van der Waals surface area contributed by atoms with Crippen molar-refractivity contribution in [2.75, 3.05) is 19.0 Å². The van der Waals surface area contributed by atoms with Crippen LogP contribution in [0.1, 0.15) is 5.56 Å². The number of halogens is 1. The zero-order chi connectivity index (χ0) is 16.3. The first-order valence-electron chi connectivity index (χ1n) is 6.37. The number of benzene rings is 2. The number of hydrogen-bond donors (Lipinski definition) is 1. The van der Waals surface area contributed by atoms with Gasteiger partial charge in [-0.1, -0.05) is 17.7 Å². The molecular weight excluding hydrogens is 306 g/mol. The largest absolute Gasteiger partial charge is 0.506 e. The molecule has 22 heavy (non-hydrogen) atoms. The van der Waals surface area contributed by atoms with Crippen molar-refractivity contribution in [3.63, 3.8) is 0 Å². The van der Waals surface area contributed by atoms with E-state index in [1.165, 1.54) is 24.4 Å². The van der Waals surface area contributed by atoms with E-state index in [4.69, 9.17) is 11.6 Å². The lowest BCUT2D eigenvalue weighted by atomic mass is 10.1. The monoisotopic (exact) mass is 319 g/mol. The second-order valence-electron chi connectivity index (χ2n) is 4.79. The third kappa shape index (κ3) is 3.53. The van der Waals surface area contributed by atoms with E-state index in [9.17, 15) is 15.2 Å². The van der Waals surface area contributed by atoms with Crippen LogP contribution in [0.3, 0.4) is 0 Å². The number of phenols is 1. The average Bonchev–Trinajstić information content (AvgIpc) is 2.47. The molecule has 0 bridgehead atoms. The predicted octanol–water partition coefficient (Wildman–Crippen LogP) is 3.77. The van der Waals surface area contributed by atoms with Gasteiger partial charge in [0.25, 0.3) is 5.69 Å². The molecule has 0 saturated heterocycles. The molecule has 0 atom stereocenters. The number of aromatic hydroxyl groups is 1. The Bertz CT molecular complexity index is 745. The van der Waals surface area contributed by atoms with Crippen molar-refractivity contribution in [2.45, 2.75) is 0 Å². The third-order valence-corrected chi connectivity index (χ3v) is 3.20. The Labute approximate surface area is 132 Å². The zero-order valence-corrected chi connectivity index (χ0v) is 12.8. The molecule has 6 nitrogen and oxygen atoms in total. The first kappa shape index (κ1) is 15.8. The average molecular weight is 320 g/mol. The quantitative estimate of drug-likeness (QED) is 0.528. The third-order valence-electron chi connectivity index (χ3n) is 2.97. The van der Waals surface area contributed by atoms with Crippen LogP contribution in [-0.4, -0.2) is 30.3 Å². The first-order chi connectivity index (χ1) is 10.4. The van der Waals surface area contributed by atoms with Gasteiger partial charge in [0.15, 0.2) is 0 Å². The lowest BCUT2D eigenvalue weighted by Gasteiger charge is -2.12. The number of rotatable bonds is 4. The van der Waals surface area contributed by atoms with Crippen LogP contribution in [0, 0.1) is 10.1 Å². The SMILES string of the molecule is CN(C)c1ccc(C=Nc2cc(Cl)ccc2O)cc1[N+](=O)[O-]. The summed E-state index contributed by atoms with van der Waals surface area (Å²) in [6, 6.07) is 9.29. The fourth-order valence-corrected chi connectivity index (χ4v) is 2.06. The van der Waals surface area contributed by atoms with Crippen molar-refractivity contribution in [3.8, 4) is 5.75 Å². The second-order valence-corrected chi connectivity index (χ2v) is 5.23. The molecule has 0 radical (unpaired) electrons. The summed E-state index contributed by atoms with van der Waals surface area (Å²) in [5, 5.41) is 21.3. The summed E-state index contributed by atoms with van der Waals surface area (Å²) in [5.74, 6) is -0.0138. The molecule has 114 valence electrons. The lowest BCUT2D eigenvalue weighted by Crippen LogP contribution is -2.11. The van der Waals surface area contributed by atoms with Gasteiger partial charge in [0, 0.05) is 31.4 Å². The highest BCUT2D eigenvalue weighted by atomic mass is 35.5. The van der Waals surface area contributed by atoms with Crippen molar-refractivity contribution < 1.29 is 10.0 Å². The molecule has 0 heterocycles. The van der Waals surface area contributed by atoms with Gasteiger partial charge in [-0.2, -0.15) is 0 Å². The maximum absolute atomic E-state index is 11.1. The molecule has 7 heteroatoms. The first-order valence-corrected chi connectivity index (χ1v) is 6.74. The summed E-state index contributed by atoms with van der Waals surface area (Å²) < 4.78 is 0. The van der Waals surface area contributed by atoms with E-state index in [1.54, 1.807) is 37.2 Å². The number of anilines is 1. The van der Waals surface area contributed by atoms with Gasteiger partial charge < -0.3 is 10.0 Å². The fraction of sp³-hybridized carbons (Fsp3) is 0.133. The Morgan fingerprint density at radius 1 is 1.27 bits per heavy atom. The van der Waals surface area contributed by atoms with E-state index >= 15 is 0 Å². The van der Waals surface area contributed by atoms with Crippen molar-refractivity contribution in [1.82, 2.24) is 0 Å². The molecule has 0 fully saturated rings. The normalized spacial score (nSPS) is 10.9. The zero-order valence-electron chi connectivity index (χ0n) is 12.0. The highest BCUT2D eigenvalue weighted by Gasteiger charge is 2.15. The summed E-state index contributed by atoms with van der Waals surface area (Å²) in [6.45, 7) is 0. The predicted molar refractivity (Wildman–Crippen MR) is 87.8 cm³/mol. The van der Waals surface area contributed by atoms with E-state index in [2.05, 4.69) is 4.99 Å². The highest BCUT2D eigenvalue weighted by Crippen LogP contribution is 2.30. The topological polar surface area (TPSA) is 79.0 Å². The van der Waals surface area contributed by atoms with Crippen LogP contribution in [0.15, 0.2) is 41.4 Å². The van der Waals surface area contributed by atoms with Gasteiger partial charge in [0.2, 0.25) is 0 Å². The molecule has 0 aromatic heterocycles. The summed E-state index contributed by atoms with van der Waals surface area (Å²) in [5.41, 5.74) is 1.35. The van der Waals surface area contributed by atoms with E-state index in [0.717, 1.165) is 0 Å². The van der Waals surface area contributed by atoms with Crippen molar-refractivity contribution in [1.29, 1.82) is 0 Å². The number of aliphatic imine (C=N–C) groups is 1. The maximum Gasteiger partial charge on any atom is 0.293 e. The summed E-state index contributed by atoms with van der Waals surface area (Å²) in [6.07, 6.45) is 1.44. The molecule has 0 saturated carbocycles. The molecule has 0 spiro atoms. The van der Waals surface area contributed by atoms with Crippen LogP contribution in [0.2, 0.25) is 5.02 Å². The fourth-order valence-electron chi connectivity index (χ4n) is 1.89. The molecule has 1 N–H and O–H groups in total. The smallest absolute Gasteiger partial charge is 0.293 e. The number of hydrogen-bond acceptors (Lipinski definition) is 5. The van der Waals surface area contributed by atoms with E-state index < -0.39 is 4.92 Å². The van der Waals surface area contributed by atoms with Crippen molar-refractivity contribution >= 4 is 34.9 Å². The van der Waals surface area contributed by atoms with Gasteiger partial charge in [-0.25, -0.2) is 0 Å². The molecule has 2 rings (SSSR count). The van der Waals surface area contributed by atoms with Crippen LogP contribution < -0.4 is 4.90 Å². The van der Waals surface area contributed by atoms with Gasteiger partial charge in [0.1, 0.15) is 17.1 Å². The van der Waals surface area contributed by atoms with Crippen LogP contribution in [0.25, 0.3) is 0 Å². The van der Waals surface area contributed by atoms with E-state index in [0.29, 0.717) is 22.0 Å². The molecule has 2 aromatic rings. The Kier molecular flexibility index (Phi) is 4.62. The van der Waals surface area contributed by atoms with Gasteiger partial charge in [-0.05, 0) is 29.8 Å². The molecule has 0 aliphatic heterocycles. The van der Waals surface area contributed by atoms with Crippen LogP contribution in [-0.2, 0) is 0 Å². The summed E-state index contributed by atoms with van der Waals surface area (Å²) in [4.78, 5) is 16.5. The summed E-state index contributed by atoms with van der Waals surface area (Å²) in [7, 11) is 3.47. The molecule has 0 aliphatic carbocycles. The Balaban J connectivity index is 2.37. The molecule has 2 aromatic carbocycles. The lowest BCUT2D eigenvalue weighted by molar-refractivity contribution is -0.384. The second kappa shape index (κ2) is 6.44. The highest BCUT2D eigenvalue weighted by molar-refractivity contribution is 6.30. The Morgan fingerprint density at radius 3 is 2.64 bits per heavy atom. The molecule has 0 unspecified atom stereocenters. The van der Waals surface area contributed by atoms with Gasteiger partial charge in [0.05, 0.1) is 4.92 Å². The number of nitro groups is 1. The molecule has 0 aliphatic rings. The Hall–Kier alpha value is -2.60. The van der Waals surface area contributed by atoms with Crippen LogP contribution in [0.5, 0.6) is 5.75 Å². The standard InChI is InChI=1S/C15H14ClN3O3/c1-18(2)13-5-3-10(7-14(13)19(21)22)9-17-12-8-11(16)4-6-15(12)20/h3-9,20H,1-2H3. The maximum atomic E-state index is 11.1. The minimum absolute atomic E-state index is 0.00994. The van der Waals surface area contributed by atoms with Crippen molar-refractivity contribution in [2.24, 2.45) is 4.99 Å². The van der Waals surface area contributed by atoms with E-state index in [1.807, 2.05) is 0 Å². The minimum Gasteiger partial charge on any atom is -0.506 e. The minimum atomic E-state index is -0.441. The number of nitrogens with zero attached hydrogens (tertiary/aromatic N) is 3. The van der Waals surface area contributed by atoms with Crippen molar-refractivity contribution in [3.05, 3.63) is 57.1 Å². The number of phenolic OH excluding ortho intramolecular Hbond substituents is 1. The van der Waals surface area contributed by atoms with Gasteiger partial charge >= 0.3 is 0 Å². The summed E-state index contributed by atoms with van der Waals surface area (Å²) >= 11 is 5.84. The van der Waals surface area contributed by atoms with Gasteiger partial charge in [-0.15, -0.1) is 0 Å². The van der Waals surface area contributed by atoms with Crippen LogP contribution >= 0.6 is 11.6 Å². The number of nitro benzene ring substituents is 1. The van der Waals surface area contributed by atoms with E-state index in [-0.39, 0.29) is 11.4 Å². The molecular formula is C15H14ClN3O3. The Morgan fingerprint density at radius 2 is 2.00 bits per heavy atom. The molecule has 0 amide bonds.